The fourth-order valence-corrected chi connectivity index (χ4v) is 1.42. The Kier molecular flexibility index (Phi) is 6.16. The van der Waals surface area contributed by atoms with Gasteiger partial charge in [0.15, 0.2) is 0 Å². The molecule has 17 heavy (non-hydrogen) atoms. The van der Waals surface area contributed by atoms with Gasteiger partial charge in [-0.1, -0.05) is 13.3 Å². The summed E-state index contributed by atoms with van der Waals surface area (Å²) in [7, 11) is 0. The molecule has 0 aliphatic rings. The predicted molar refractivity (Wildman–Crippen MR) is 66.8 cm³/mol. The van der Waals surface area contributed by atoms with Crippen LogP contribution < -0.4 is 10.6 Å². The molecule has 0 saturated carbocycles. The van der Waals surface area contributed by atoms with Gasteiger partial charge in [-0.05, 0) is 34.1 Å². The maximum atomic E-state index is 11.8. The Morgan fingerprint density at radius 3 is 2.18 bits per heavy atom. The van der Waals surface area contributed by atoms with Crippen LogP contribution in [0.5, 0.6) is 0 Å². The van der Waals surface area contributed by atoms with Gasteiger partial charge in [0.2, 0.25) is 5.91 Å². The Hall–Kier alpha value is -1.10. The maximum Gasteiger partial charge on any atom is 0.320 e. The van der Waals surface area contributed by atoms with Gasteiger partial charge in [-0.15, -0.1) is 0 Å². The quantitative estimate of drug-likeness (QED) is 0.654. The standard InChI is InChI=1S/C12H24N2O3/c1-6-7-9(11(16)17)13-8(2)10(15)14-12(3,4)5/h8-9,13H,6-7H2,1-5H3,(H,14,15)(H,16,17). The average molecular weight is 244 g/mol. The van der Waals surface area contributed by atoms with E-state index in [1.807, 2.05) is 27.7 Å². The van der Waals surface area contributed by atoms with Crippen molar-refractivity contribution in [3.63, 3.8) is 0 Å². The number of nitrogens with one attached hydrogen (secondary N) is 2. The summed E-state index contributed by atoms with van der Waals surface area (Å²) in [5, 5.41) is 14.6. The van der Waals surface area contributed by atoms with E-state index in [-0.39, 0.29) is 11.4 Å². The molecule has 0 aliphatic carbocycles. The zero-order valence-corrected chi connectivity index (χ0v) is 11.3. The minimum atomic E-state index is -0.915. The van der Waals surface area contributed by atoms with Crippen molar-refractivity contribution in [2.75, 3.05) is 0 Å². The fourth-order valence-electron chi connectivity index (χ4n) is 1.42. The SMILES string of the molecule is CCCC(NC(C)C(=O)NC(C)(C)C)C(=O)O. The number of carboxylic acid groups (broad SMARTS) is 1. The summed E-state index contributed by atoms with van der Waals surface area (Å²) in [4.78, 5) is 22.7. The summed E-state index contributed by atoms with van der Waals surface area (Å²) in [5.74, 6) is -1.10. The Bertz CT molecular complexity index is 271. The van der Waals surface area contributed by atoms with Crippen molar-refractivity contribution in [3.05, 3.63) is 0 Å². The summed E-state index contributed by atoms with van der Waals surface area (Å²) < 4.78 is 0. The van der Waals surface area contributed by atoms with E-state index in [1.165, 1.54) is 0 Å². The predicted octanol–water partition coefficient (Wildman–Crippen LogP) is 1.13. The van der Waals surface area contributed by atoms with Gasteiger partial charge in [-0.25, -0.2) is 0 Å². The zero-order chi connectivity index (χ0) is 13.6. The first-order chi connectivity index (χ1) is 7.67. The van der Waals surface area contributed by atoms with Crippen molar-refractivity contribution in [1.29, 1.82) is 0 Å². The van der Waals surface area contributed by atoms with Gasteiger partial charge in [0.05, 0.1) is 6.04 Å². The number of hydrogen-bond acceptors (Lipinski definition) is 3. The van der Waals surface area contributed by atoms with Crippen LogP contribution in [0.3, 0.4) is 0 Å². The topological polar surface area (TPSA) is 78.4 Å². The second kappa shape index (κ2) is 6.59. The summed E-state index contributed by atoms with van der Waals surface area (Å²) >= 11 is 0. The number of aliphatic carboxylic acids is 1. The van der Waals surface area contributed by atoms with Crippen molar-refractivity contribution < 1.29 is 14.7 Å². The number of carboxylic acids is 1. The molecule has 5 nitrogen and oxygen atoms in total. The second-order valence-corrected chi connectivity index (χ2v) is 5.31. The monoisotopic (exact) mass is 244 g/mol. The third-order valence-electron chi connectivity index (χ3n) is 2.22. The normalized spacial score (nSPS) is 15.1. The van der Waals surface area contributed by atoms with Crippen LogP contribution in [-0.4, -0.2) is 34.6 Å². The van der Waals surface area contributed by atoms with Crippen molar-refractivity contribution in [1.82, 2.24) is 10.6 Å². The molecule has 0 bridgehead atoms. The summed E-state index contributed by atoms with van der Waals surface area (Å²) in [6.45, 7) is 9.25. The lowest BCUT2D eigenvalue weighted by Crippen LogP contribution is -2.53. The molecule has 0 aromatic rings. The molecule has 0 aliphatic heterocycles. The third-order valence-corrected chi connectivity index (χ3v) is 2.22. The molecule has 0 aromatic heterocycles. The van der Waals surface area contributed by atoms with E-state index in [4.69, 9.17) is 5.11 Å². The Morgan fingerprint density at radius 1 is 1.29 bits per heavy atom. The molecule has 0 heterocycles. The van der Waals surface area contributed by atoms with Crippen LogP contribution in [0.15, 0.2) is 0 Å². The van der Waals surface area contributed by atoms with Gasteiger partial charge in [0, 0.05) is 5.54 Å². The second-order valence-electron chi connectivity index (χ2n) is 5.31. The molecule has 0 saturated heterocycles. The molecule has 100 valence electrons. The molecule has 2 unspecified atom stereocenters. The number of rotatable bonds is 6. The minimum Gasteiger partial charge on any atom is -0.480 e. The minimum absolute atomic E-state index is 0.181. The molecule has 2 atom stereocenters. The molecule has 0 fully saturated rings. The van der Waals surface area contributed by atoms with Gasteiger partial charge in [0.1, 0.15) is 6.04 Å². The van der Waals surface area contributed by atoms with E-state index in [0.29, 0.717) is 6.42 Å². The number of hydrogen-bond donors (Lipinski definition) is 3. The first-order valence-electron chi connectivity index (χ1n) is 5.98. The molecule has 0 aromatic carbocycles. The highest BCUT2D eigenvalue weighted by molar-refractivity contribution is 5.83. The largest absolute Gasteiger partial charge is 0.480 e. The molecule has 3 N–H and O–H groups in total. The summed E-state index contributed by atoms with van der Waals surface area (Å²) in [5.41, 5.74) is -0.309. The summed E-state index contributed by atoms with van der Waals surface area (Å²) in [6.07, 6.45) is 1.28. The lowest BCUT2D eigenvalue weighted by atomic mass is 10.1. The smallest absolute Gasteiger partial charge is 0.320 e. The number of carbonyl (C=O) groups is 2. The molecule has 5 heteroatoms. The molecule has 0 spiro atoms. The molecule has 0 rings (SSSR count). The van der Waals surface area contributed by atoms with Gasteiger partial charge >= 0.3 is 5.97 Å². The van der Waals surface area contributed by atoms with E-state index in [2.05, 4.69) is 10.6 Å². The van der Waals surface area contributed by atoms with Crippen molar-refractivity contribution in [2.24, 2.45) is 0 Å². The third kappa shape index (κ3) is 6.94. The van der Waals surface area contributed by atoms with Crippen molar-refractivity contribution >= 4 is 11.9 Å². The van der Waals surface area contributed by atoms with E-state index in [9.17, 15) is 9.59 Å². The van der Waals surface area contributed by atoms with Gasteiger partial charge in [0.25, 0.3) is 0 Å². The molecular weight excluding hydrogens is 220 g/mol. The van der Waals surface area contributed by atoms with Gasteiger partial charge in [-0.2, -0.15) is 0 Å². The van der Waals surface area contributed by atoms with Gasteiger partial charge in [-0.3, -0.25) is 14.9 Å². The van der Waals surface area contributed by atoms with Crippen LogP contribution in [0.4, 0.5) is 0 Å². The highest BCUT2D eigenvalue weighted by Gasteiger charge is 2.24. The maximum absolute atomic E-state index is 11.8. The van der Waals surface area contributed by atoms with E-state index >= 15 is 0 Å². The van der Waals surface area contributed by atoms with E-state index < -0.39 is 18.1 Å². The van der Waals surface area contributed by atoms with E-state index in [0.717, 1.165) is 6.42 Å². The lowest BCUT2D eigenvalue weighted by Gasteiger charge is -2.25. The van der Waals surface area contributed by atoms with Crippen molar-refractivity contribution in [3.8, 4) is 0 Å². The van der Waals surface area contributed by atoms with Crippen LogP contribution in [0.25, 0.3) is 0 Å². The Labute approximate surface area is 103 Å². The van der Waals surface area contributed by atoms with Crippen LogP contribution >= 0.6 is 0 Å². The zero-order valence-electron chi connectivity index (χ0n) is 11.3. The highest BCUT2D eigenvalue weighted by Crippen LogP contribution is 2.02. The van der Waals surface area contributed by atoms with Crippen LogP contribution in [0.1, 0.15) is 47.5 Å². The summed E-state index contributed by atoms with van der Waals surface area (Å²) in [6, 6.07) is -1.18. The molecule has 1 amide bonds. The molecule has 0 radical (unpaired) electrons. The highest BCUT2D eigenvalue weighted by atomic mass is 16.4. The van der Waals surface area contributed by atoms with Crippen LogP contribution in [0, 0.1) is 0 Å². The molecular formula is C12H24N2O3. The van der Waals surface area contributed by atoms with Crippen LogP contribution in [-0.2, 0) is 9.59 Å². The first-order valence-corrected chi connectivity index (χ1v) is 5.98. The van der Waals surface area contributed by atoms with Crippen LogP contribution in [0.2, 0.25) is 0 Å². The first kappa shape index (κ1) is 15.9. The number of amides is 1. The Balaban J connectivity index is 4.35. The van der Waals surface area contributed by atoms with E-state index in [1.54, 1.807) is 6.92 Å². The fraction of sp³-hybridized carbons (Fsp3) is 0.833. The average Bonchev–Trinajstić information content (AvgIpc) is 2.13. The van der Waals surface area contributed by atoms with Gasteiger partial charge < -0.3 is 10.4 Å². The number of carbonyl (C=O) groups excluding carboxylic acids is 1. The van der Waals surface area contributed by atoms with Crippen molar-refractivity contribution in [2.45, 2.75) is 65.1 Å². The Morgan fingerprint density at radius 2 is 1.82 bits per heavy atom. The lowest BCUT2D eigenvalue weighted by molar-refractivity contribution is -0.140.